The molecule has 0 radical (unpaired) electrons. The van der Waals surface area contributed by atoms with Crippen LogP contribution in [0.5, 0.6) is 0 Å². The Labute approximate surface area is 166 Å². The van der Waals surface area contributed by atoms with E-state index in [0.717, 1.165) is 0 Å². The fourth-order valence-electron chi connectivity index (χ4n) is 3.56. The molecule has 1 atom stereocenters. The van der Waals surface area contributed by atoms with Crippen LogP contribution in [-0.4, -0.2) is 36.8 Å². The Kier molecular flexibility index (Phi) is 4.96. The summed E-state index contributed by atoms with van der Waals surface area (Å²) in [6.45, 7) is -0.141. The van der Waals surface area contributed by atoms with Crippen LogP contribution in [0.3, 0.4) is 0 Å². The van der Waals surface area contributed by atoms with E-state index < -0.39 is 33.2 Å². The number of para-hydroxylation sites is 1. The molecular formula is C21H18FNO5S. The van der Waals surface area contributed by atoms with Gasteiger partial charge in [-0.15, -0.1) is 0 Å². The van der Waals surface area contributed by atoms with Gasteiger partial charge >= 0.3 is 5.63 Å². The van der Waals surface area contributed by atoms with E-state index >= 15 is 0 Å². The number of rotatable bonds is 4. The molecule has 0 aliphatic carbocycles. The molecule has 8 heteroatoms. The third kappa shape index (κ3) is 3.93. The summed E-state index contributed by atoms with van der Waals surface area (Å²) in [4.78, 5) is 27.0. The van der Waals surface area contributed by atoms with Gasteiger partial charge in [-0.1, -0.05) is 36.4 Å². The van der Waals surface area contributed by atoms with Gasteiger partial charge in [0.25, 0.3) is 5.91 Å². The number of nitrogens with zero attached hydrogens (tertiary/aromatic N) is 1. The van der Waals surface area contributed by atoms with Gasteiger partial charge in [-0.2, -0.15) is 0 Å². The second-order valence-corrected chi connectivity index (χ2v) is 9.30. The summed E-state index contributed by atoms with van der Waals surface area (Å²) >= 11 is 0. The lowest BCUT2D eigenvalue weighted by molar-refractivity contribution is 0.0675. The first-order valence-corrected chi connectivity index (χ1v) is 10.9. The molecule has 29 heavy (non-hydrogen) atoms. The molecule has 0 N–H and O–H groups in total. The van der Waals surface area contributed by atoms with E-state index in [-0.39, 0.29) is 35.6 Å². The Bertz CT molecular complexity index is 1250. The third-order valence-corrected chi connectivity index (χ3v) is 6.83. The molecule has 4 rings (SSSR count). The number of sulfone groups is 1. The highest BCUT2D eigenvalue weighted by Crippen LogP contribution is 2.23. The first-order chi connectivity index (χ1) is 13.8. The Morgan fingerprint density at radius 3 is 2.59 bits per heavy atom. The van der Waals surface area contributed by atoms with Crippen LogP contribution < -0.4 is 5.63 Å². The van der Waals surface area contributed by atoms with Crippen molar-refractivity contribution in [2.45, 2.75) is 19.0 Å². The summed E-state index contributed by atoms with van der Waals surface area (Å²) in [5.41, 5.74) is -0.425. The monoisotopic (exact) mass is 415 g/mol. The largest absolute Gasteiger partial charge is 0.422 e. The van der Waals surface area contributed by atoms with E-state index in [1.165, 1.54) is 29.2 Å². The maximum Gasteiger partial charge on any atom is 0.349 e. The van der Waals surface area contributed by atoms with Crippen LogP contribution in [0.1, 0.15) is 22.3 Å². The molecule has 0 unspecified atom stereocenters. The van der Waals surface area contributed by atoms with E-state index in [2.05, 4.69) is 0 Å². The van der Waals surface area contributed by atoms with Gasteiger partial charge in [0.1, 0.15) is 17.0 Å². The fourth-order valence-corrected chi connectivity index (χ4v) is 5.29. The minimum Gasteiger partial charge on any atom is -0.422 e. The summed E-state index contributed by atoms with van der Waals surface area (Å²) in [6.07, 6.45) is 0.238. The van der Waals surface area contributed by atoms with Gasteiger partial charge in [-0.25, -0.2) is 17.6 Å². The lowest BCUT2D eigenvalue weighted by atomic mass is 10.1. The SMILES string of the molecule is O=C(c1cc2ccccc2oc1=O)N(Cc1ccccc1F)[C@H]1CCS(=O)(=O)C1. The van der Waals surface area contributed by atoms with Gasteiger partial charge in [-0.05, 0) is 24.6 Å². The molecule has 6 nitrogen and oxygen atoms in total. The third-order valence-electron chi connectivity index (χ3n) is 5.08. The van der Waals surface area contributed by atoms with Gasteiger partial charge in [0, 0.05) is 23.5 Å². The number of carbonyl (C=O) groups is 1. The van der Waals surface area contributed by atoms with Gasteiger partial charge in [0.05, 0.1) is 11.5 Å². The zero-order valence-corrected chi connectivity index (χ0v) is 16.2. The van der Waals surface area contributed by atoms with Crippen molar-refractivity contribution in [1.29, 1.82) is 0 Å². The maximum atomic E-state index is 14.2. The predicted molar refractivity (Wildman–Crippen MR) is 106 cm³/mol. The highest BCUT2D eigenvalue weighted by molar-refractivity contribution is 7.91. The van der Waals surface area contributed by atoms with E-state index in [9.17, 15) is 22.4 Å². The summed E-state index contributed by atoms with van der Waals surface area (Å²) in [5.74, 6) is -1.44. The maximum absolute atomic E-state index is 14.2. The van der Waals surface area contributed by atoms with Gasteiger partial charge in [-0.3, -0.25) is 4.79 Å². The Morgan fingerprint density at radius 1 is 1.14 bits per heavy atom. The molecule has 0 saturated carbocycles. The van der Waals surface area contributed by atoms with E-state index in [1.807, 2.05) is 0 Å². The number of amides is 1. The first kappa shape index (κ1) is 19.3. The average Bonchev–Trinajstić information content (AvgIpc) is 3.05. The lowest BCUT2D eigenvalue weighted by Gasteiger charge is -2.28. The summed E-state index contributed by atoms with van der Waals surface area (Å²) in [5, 5.41) is 0.570. The summed E-state index contributed by atoms with van der Waals surface area (Å²) in [7, 11) is -3.29. The molecule has 2 aromatic carbocycles. The second kappa shape index (κ2) is 7.44. The zero-order valence-electron chi connectivity index (χ0n) is 15.4. The van der Waals surface area contributed by atoms with Crippen LogP contribution in [0, 0.1) is 5.82 Å². The minimum atomic E-state index is -3.29. The zero-order chi connectivity index (χ0) is 20.6. The smallest absolute Gasteiger partial charge is 0.349 e. The number of halogens is 1. The second-order valence-electron chi connectivity index (χ2n) is 7.07. The van der Waals surface area contributed by atoms with Crippen LogP contribution in [0.4, 0.5) is 4.39 Å². The molecule has 1 amide bonds. The molecule has 3 aromatic rings. The number of fused-ring (bicyclic) bond motifs is 1. The number of carbonyl (C=O) groups excluding carboxylic acids is 1. The quantitative estimate of drug-likeness (QED) is 0.612. The molecule has 150 valence electrons. The molecule has 0 spiro atoms. The van der Waals surface area contributed by atoms with Gasteiger partial charge < -0.3 is 9.32 Å². The van der Waals surface area contributed by atoms with Crippen molar-refractivity contribution in [1.82, 2.24) is 4.90 Å². The Hall–Kier alpha value is -3.00. The summed E-state index contributed by atoms with van der Waals surface area (Å²) < 4.78 is 43.4. The average molecular weight is 415 g/mol. The molecular weight excluding hydrogens is 397 g/mol. The van der Waals surface area contributed by atoms with Gasteiger partial charge in [0.15, 0.2) is 9.84 Å². The minimum absolute atomic E-state index is 0.0505. The Balaban J connectivity index is 1.76. The highest BCUT2D eigenvalue weighted by Gasteiger charge is 2.36. The van der Waals surface area contributed by atoms with Crippen molar-refractivity contribution in [3.63, 3.8) is 0 Å². The van der Waals surface area contributed by atoms with Crippen LogP contribution in [0.15, 0.2) is 63.8 Å². The molecule has 0 bridgehead atoms. The Morgan fingerprint density at radius 2 is 1.86 bits per heavy atom. The molecule has 1 fully saturated rings. The summed E-state index contributed by atoms with van der Waals surface area (Å²) in [6, 6.07) is 13.5. The standard InChI is InChI=1S/C21H18FNO5S/c22-18-7-3-1-6-15(18)12-23(16-9-10-29(26,27)13-16)20(24)17-11-14-5-2-4-8-19(14)28-21(17)25/h1-8,11,16H,9-10,12-13H2/t16-/m0/s1. The number of benzene rings is 2. The highest BCUT2D eigenvalue weighted by atomic mass is 32.2. The van der Waals surface area contributed by atoms with Gasteiger partial charge in [0.2, 0.25) is 0 Å². The fraction of sp³-hybridized carbons (Fsp3) is 0.238. The molecule has 1 aliphatic rings. The molecule has 1 saturated heterocycles. The van der Waals surface area contributed by atoms with Crippen molar-refractivity contribution >= 4 is 26.7 Å². The predicted octanol–water partition coefficient (Wildman–Crippen LogP) is 2.76. The van der Waals surface area contributed by atoms with Crippen LogP contribution in [-0.2, 0) is 16.4 Å². The topological polar surface area (TPSA) is 84.7 Å². The van der Waals surface area contributed by atoms with E-state index in [0.29, 0.717) is 11.0 Å². The van der Waals surface area contributed by atoms with Crippen molar-refractivity contribution in [2.24, 2.45) is 0 Å². The lowest BCUT2D eigenvalue weighted by Crippen LogP contribution is -2.42. The molecule has 1 aliphatic heterocycles. The van der Waals surface area contributed by atoms with Crippen LogP contribution in [0.25, 0.3) is 11.0 Å². The molecule has 2 heterocycles. The van der Waals surface area contributed by atoms with Crippen molar-refractivity contribution in [3.05, 3.63) is 82.0 Å². The van der Waals surface area contributed by atoms with Crippen molar-refractivity contribution < 1.29 is 22.0 Å². The first-order valence-electron chi connectivity index (χ1n) is 9.12. The number of hydrogen-bond donors (Lipinski definition) is 0. The van der Waals surface area contributed by atoms with Crippen molar-refractivity contribution in [3.8, 4) is 0 Å². The van der Waals surface area contributed by atoms with Crippen LogP contribution >= 0.6 is 0 Å². The van der Waals surface area contributed by atoms with Crippen molar-refractivity contribution in [2.75, 3.05) is 11.5 Å². The van der Waals surface area contributed by atoms with E-state index in [4.69, 9.17) is 4.42 Å². The van der Waals surface area contributed by atoms with E-state index in [1.54, 1.807) is 30.3 Å². The number of hydrogen-bond acceptors (Lipinski definition) is 5. The van der Waals surface area contributed by atoms with Crippen LogP contribution in [0.2, 0.25) is 0 Å². The molecule has 1 aromatic heterocycles. The normalized spacial score (nSPS) is 18.0.